The van der Waals surface area contributed by atoms with E-state index >= 15 is 0 Å². The molecule has 3 aliphatic heterocycles. The number of aliphatic hydroxyl groups excluding tert-OH is 2. The molecule has 15 nitrogen and oxygen atoms in total. The molecule has 2 N–H and O–H groups in total. The van der Waals surface area contributed by atoms with E-state index in [0.29, 0.717) is 31.2 Å². The van der Waals surface area contributed by atoms with E-state index in [1.54, 1.807) is 38.1 Å². The summed E-state index contributed by atoms with van der Waals surface area (Å²) in [6.45, 7) is 7.34. The smallest absolute Gasteiger partial charge is 0.333 e. The van der Waals surface area contributed by atoms with Crippen LogP contribution < -0.4 is 0 Å². The van der Waals surface area contributed by atoms with Crippen molar-refractivity contribution < 1.29 is 72.1 Å². The van der Waals surface area contributed by atoms with Crippen LogP contribution in [0.1, 0.15) is 104 Å². The van der Waals surface area contributed by atoms with Crippen molar-refractivity contribution in [2.45, 2.75) is 166 Å². The normalized spacial score (nSPS) is 32.7. The van der Waals surface area contributed by atoms with Crippen molar-refractivity contribution in [1.82, 2.24) is 0 Å². The molecule has 1 aromatic rings. The second-order valence-electron chi connectivity index (χ2n) is 14.6. The van der Waals surface area contributed by atoms with E-state index in [1.807, 2.05) is 13.0 Å². The van der Waals surface area contributed by atoms with E-state index in [2.05, 4.69) is 0 Å². The van der Waals surface area contributed by atoms with Crippen LogP contribution >= 0.6 is 0 Å². The number of ketones is 1. The lowest BCUT2D eigenvalue weighted by Gasteiger charge is -2.47. The van der Waals surface area contributed by atoms with Gasteiger partial charge in [0, 0.05) is 31.4 Å². The highest BCUT2D eigenvalue weighted by molar-refractivity contribution is 5.88. The fraction of sp³-hybridized carbons (Fsp3) is 0.643. The summed E-state index contributed by atoms with van der Waals surface area (Å²) in [6, 6.07) is 8.91. The van der Waals surface area contributed by atoms with Crippen LogP contribution in [-0.2, 0) is 61.9 Å². The third-order valence-corrected chi connectivity index (χ3v) is 10.1. The summed E-state index contributed by atoms with van der Waals surface area (Å²) in [5.41, 5.74) is 0.860. The Balaban J connectivity index is 1.74. The molecule has 11 unspecified atom stereocenters. The van der Waals surface area contributed by atoms with Crippen molar-refractivity contribution in [2.24, 2.45) is 0 Å². The largest absolute Gasteiger partial charge is 0.463 e. The third kappa shape index (κ3) is 13.8. The summed E-state index contributed by atoms with van der Waals surface area (Å²) in [6.07, 6.45) is -5.55. The van der Waals surface area contributed by atoms with Crippen molar-refractivity contribution in [3.05, 3.63) is 53.6 Å². The van der Waals surface area contributed by atoms with Crippen molar-refractivity contribution >= 4 is 35.7 Å². The van der Waals surface area contributed by atoms with E-state index in [1.165, 1.54) is 26.0 Å². The molecular weight excluding hydrogens is 744 g/mol. The van der Waals surface area contributed by atoms with Crippen molar-refractivity contribution in [1.29, 1.82) is 0 Å². The summed E-state index contributed by atoms with van der Waals surface area (Å²) in [7, 11) is 0. The summed E-state index contributed by atoms with van der Waals surface area (Å²) < 4.78 is 47.7. The average Bonchev–Trinajstić information content (AvgIpc) is 3.18. The Kier molecular flexibility index (Phi) is 18.3. The number of fused-ring (bicyclic) bond motifs is 3. The van der Waals surface area contributed by atoms with E-state index in [-0.39, 0.29) is 30.3 Å². The molecule has 11 atom stereocenters. The lowest BCUT2D eigenvalue weighted by Crippen LogP contribution is -2.65. The first-order chi connectivity index (χ1) is 27.3. The predicted molar refractivity (Wildman–Crippen MR) is 203 cm³/mol. The van der Waals surface area contributed by atoms with Crippen molar-refractivity contribution in [3.63, 3.8) is 0 Å². The monoisotopic (exact) mass is 802 g/mol. The highest BCUT2D eigenvalue weighted by Gasteiger charge is 2.55. The molecule has 3 heterocycles. The zero-order valence-corrected chi connectivity index (χ0v) is 33.4. The lowest BCUT2D eigenvalue weighted by molar-refractivity contribution is -0.369. The molecule has 1 aromatic carbocycles. The zero-order chi connectivity index (χ0) is 41.5. The molecule has 3 aliphatic rings. The highest BCUT2D eigenvalue weighted by atomic mass is 16.8. The van der Waals surface area contributed by atoms with Crippen LogP contribution in [0.5, 0.6) is 0 Å². The van der Waals surface area contributed by atoms with Crippen LogP contribution in [0.3, 0.4) is 0 Å². The fourth-order valence-electron chi connectivity index (χ4n) is 6.87. The number of hydrogen-bond acceptors (Lipinski definition) is 15. The molecule has 0 amide bonds. The van der Waals surface area contributed by atoms with Gasteiger partial charge < -0.3 is 48.1 Å². The predicted octanol–water partition coefficient (Wildman–Crippen LogP) is 4.43. The van der Waals surface area contributed by atoms with Gasteiger partial charge in [0.1, 0.15) is 36.8 Å². The van der Waals surface area contributed by atoms with Crippen LogP contribution in [-0.4, -0.2) is 114 Å². The maximum atomic E-state index is 13.3. The van der Waals surface area contributed by atoms with Gasteiger partial charge >= 0.3 is 23.9 Å². The average molecular weight is 803 g/mol. The third-order valence-electron chi connectivity index (χ3n) is 10.1. The molecule has 316 valence electrons. The Morgan fingerprint density at radius 3 is 2.26 bits per heavy atom. The molecule has 0 aromatic heterocycles. The minimum absolute atomic E-state index is 0.0321. The number of carbonyl (C=O) groups excluding carboxylic acids is 5. The number of esters is 4. The first-order valence-corrected chi connectivity index (χ1v) is 19.9. The van der Waals surface area contributed by atoms with Crippen LogP contribution in [0, 0.1) is 0 Å². The van der Waals surface area contributed by atoms with Gasteiger partial charge in [-0.25, -0.2) is 9.59 Å². The standard InChI is InChI=1S/C42H58O15/c1-6-15-30-19-14-9-8-13-18-29(44)21-23-32(45)50-24-31-37(55-33(46)22-20-28-16-11-10-12-17-28)38(56-40(49)25(3)7-2)35(48)41(54-31)57-39-34(47)36(52-27(5)43)26(4)51-42(39)53-30/h7,10-12,16-17,20,22,26,30-31,34-39,41-42,47-48H,6,8-9,13-15,18-19,21,23-24H2,1-5H3. The van der Waals surface area contributed by atoms with Crippen molar-refractivity contribution in [3.8, 4) is 0 Å². The van der Waals surface area contributed by atoms with Gasteiger partial charge in [0.25, 0.3) is 0 Å². The fourth-order valence-corrected chi connectivity index (χ4v) is 6.87. The summed E-state index contributed by atoms with van der Waals surface area (Å²) in [5, 5.41) is 23.6. The Morgan fingerprint density at radius 1 is 0.825 bits per heavy atom. The first kappa shape index (κ1) is 45.7. The number of hydrogen-bond donors (Lipinski definition) is 2. The molecule has 15 heteroatoms. The molecule has 0 aliphatic carbocycles. The summed E-state index contributed by atoms with van der Waals surface area (Å²) in [4.78, 5) is 64.2. The number of benzene rings is 1. The molecule has 0 spiro atoms. The second kappa shape index (κ2) is 22.8. The van der Waals surface area contributed by atoms with Gasteiger partial charge in [-0.15, -0.1) is 0 Å². The van der Waals surface area contributed by atoms with Crippen LogP contribution in [0.15, 0.2) is 48.1 Å². The molecule has 57 heavy (non-hydrogen) atoms. The van der Waals surface area contributed by atoms with Crippen molar-refractivity contribution in [2.75, 3.05) is 6.61 Å². The van der Waals surface area contributed by atoms with Crippen LogP contribution in [0.4, 0.5) is 0 Å². The number of carbonyl (C=O) groups is 5. The van der Waals surface area contributed by atoms with Gasteiger partial charge in [-0.3, -0.25) is 14.4 Å². The number of Topliss-reactive ketones (excluding diaryl/α,β-unsaturated/α-hetero) is 1. The van der Waals surface area contributed by atoms with Crippen LogP contribution in [0.25, 0.3) is 6.08 Å². The first-order valence-electron chi connectivity index (χ1n) is 19.9. The maximum absolute atomic E-state index is 13.3. The zero-order valence-electron chi connectivity index (χ0n) is 33.4. The summed E-state index contributed by atoms with van der Waals surface area (Å²) in [5.74, 6) is -3.24. The number of allylic oxidation sites excluding steroid dienone is 1. The van der Waals surface area contributed by atoms with Gasteiger partial charge in [-0.05, 0) is 51.7 Å². The number of rotatable bonds is 8. The summed E-state index contributed by atoms with van der Waals surface area (Å²) >= 11 is 0. The van der Waals surface area contributed by atoms with E-state index in [4.69, 9.17) is 37.9 Å². The molecule has 3 saturated heterocycles. The molecular formula is C42H58O15. The molecule has 0 radical (unpaired) electrons. The van der Waals surface area contributed by atoms with Gasteiger partial charge in [0.15, 0.2) is 30.9 Å². The minimum atomic E-state index is -1.87. The van der Waals surface area contributed by atoms with Gasteiger partial charge in [0.05, 0.1) is 18.6 Å². The SMILES string of the molecule is CC=C(C)C(=O)OC1C(O)C2OC(COC(=O)CCC(=O)CCCCCCC(CCC)OC3OC(C)C(OC(C)=O)C(O)C3O2)C1OC(=O)C=Cc1ccccc1. The topological polar surface area (TPSA) is 200 Å². The Bertz CT molecular complexity index is 1540. The van der Waals surface area contributed by atoms with E-state index < -0.39 is 91.9 Å². The number of cyclic esters (lactones) is 1. The second-order valence-corrected chi connectivity index (χ2v) is 14.6. The maximum Gasteiger partial charge on any atom is 0.333 e. The van der Waals surface area contributed by atoms with Gasteiger partial charge in [-0.2, -0.15) is 0 Å². The van der Waals surface area contributed by atoms with Gasteiger partial charge in [0.2, 0.25) is 0 Å². The lowest BCUT2D eigenvalue weighted by atomic mass is 9.96. The minimum Gasteiger partial charge on any atom is -0.463 e. The quantitative estimate of drug-likeness (QED) is 0.212. The molecule has 4 rings (SSSR count). The molecule has 0 saturated carbocycles. The van der Waals surface area contributed by atoms with Crippen LogP contribution in [0.2, 0.25) is 0 Å². The van der Waals surface area contributed by atoms with E-state index in [9.17, 15) is 34.2 Å². The Labute approximate surface area is 333 Å². The number of ether oxygens (including phenoxy) is 8. The molecule has 3 fully saturated rings. The number of aliphatic hydroxyl groups is 2. The van der Waals surface area contributed by atoms with E-state index in [0.717, 1.165) is 31.8 Å². The van der Waals surface area contributed by atoms with Gasteiger partial charge in [-0.1, -0.05) is 69.0 Å². The Morgan fingerprint density at radius 2 is 1.56 bits per heavy atom. The highest BCUT2D eigenvalue weighted by Crippen LogP contribution is 2.34. The molecule has 2 bridgehead atoms. The Hall–Kier alpha value is -3.99.